The minimum atomic E-state index is 0.200. The monoisotopic (exact) mass is 205 g/mol. The van der Waals surface area contributed by atoms with Gasteiger partial charge in [-0.1, -0.05) is 6.07 Å². The molecule has 0 radical (unpaired) electrons. The summed E-state index contributed by atoms with van der Waals surface area (Å²) in [7, 11) is 0. The van der Waals surface area contributed by atoms with E-state index < -0.39 is 0 Å². The Bertz CT molecular complexity index is 487. The molecule has 0 amide bonds. The van der Waals surface area contributed by atoms with Crippen molar-refractivity contribution in [1.29, 1.82) is 0 Å². The molecular weight excluding hydrogens is 194 g/mol. The zero-order valence-corrected chi connectivity index (χ0v) is 9.02. The summed E-state index contributed by atoms with van der Waals surface area (Å²) in [6.45, 7) is 3.61. The number of hydrogen-bond acceptors (Lipinski definition) is 3. The zero-order valence-electron chi connectivity index (χ0n) is 8.20. The number of benzene rings is 1. The van der Waals surface area contributed by atoms with Gasteiger partial charge < -0.3 is 0 Å². The Hall–Kier alpha value is -1.22. The van der Waals surface area contributed by atoms with E-state index in [0.29, 0.717) is 6.42 Å². The average molecular weight is 205 g/mol. The molecule has 0 atom stereocenters. The number of thiazole rings is 1. The molecular formula is C11H11NOS. The molecule has 2 aromatic rings. The van der Waals surface area contributed by atoms with Crippen molar-refractivity contribution in [2.45, 2.75) is 20.3 Å². The second-order valence-electron chi connectivity index (χ2n) is 3.41. The number of nitrogens with zero attached hydrogens (tertiary/aromatic N) is 1. The van der Waals surface area contributed by atoms with E-state index in [4.69, 9.17) is 0 Å². The molecule has 2 nitrogen and oxygen atoms in total. The maximum Gasteiger partial charge on any atom is 0.134 e. The maximum atomic E-state index is 10.9. The number of fused-ring (bicyclic) bond motifs is 1. The predicted molar refractivity (Wildman–Crippen MR) is 58.7 cm³/mol. The summed E-state index contributed by atoms with van der Waals surface area (Å²) < 4.78 is 1.17. The van der Waals surface area contributed by atoms with Gasteiger partial charge in [-0.15, -0.1) is 11.3 Å². The van der Waals surface area contributed by atoms with E-state index in [2.05, 4.69) is 11.1 Å². The van der Waals surface area contributed by atoms with Gasteiger partial charge in [-0.2, -0.15) is 0 Å². The normalized spacial score (nSPS) is 10.7. The van der Waals surface area contributed by atoms with Crippen LogP contribution in [-0.4, -0.2) is 10.8 Å². The second kappa shape index (κ2) is 3.50. The van der Waals surface area contributed by atoms with Gasteiger partial charge in [0.1, 0.15) is 5.78 Å². The molecule has 1 heterocycles. The van der Waals surface area contributed by atoms with Crippen LogP contribution in [0.1, 0.15) is 17.5 Å². The first-order chi connectivity index (χ1) is 6.65. The Labute approximate surface area is 86.6 Å². The van der Waals surface area contributed by atoms with E-state index in [0.717, 1.165) is 16.1 Å². The van der Waals surface area contributed by atoms with Crippen LogP contribution >= 0.6 is 11.3 Å². The maximum absolute atomic E-state index is 10.9. The van der Waals surface area contributed by atoms with E-state index >= 15 is 0 Å². The number of aryl methyl sites for hydroxylation is 1. The molecule has 0 spiro atoms. The first kappa shape index (κ1) is 9.34. The molecule has 0 aliphatic rings. The lowest BCUT2D eigenvalue weighted by Gasteiger charge is -1.96. The molecule has 0 aliphatic carbocycles. The van der Waals surface area contributed by atoms with Gasteiger partial charge in [-0.3, -0.25) is 4.79 Å². The molecule has 0 aliphatic heterocycles. The summed E-state index contributed by atoms with van der Waals surface area (Å²) in [6, 6.07) is 6.02. The van der Waals surface area contributed by atoms with Crippen LogP contribution in [0.4, 0.5) is 0 Å². The third-order valence-corrected chi connectivity index (χ3v) is 2.95. The Kier molecular flexibility index (Phi) is 2.33. The Morgan fingerprint density at radius 1 is 1.50 bits per heavy atom. The molecule has 0 saturated carbocycles. The number of hydrogen-bond donors (Lipinski definition) is 0. The number of rotatable bonds is 2. The van der Waals surface area contributed by atoms with Crippen molar-refractivity contribution in [3.63, 3.8) is 0 Å². The third-order valence-electron chi connectivity index (χ3n) is 2.01. The van der Waals surface area contributed by atoms with Crippen molar-refractivity contribution in [2.24, 2.45) is 0 Å². The molecule has 0 saturated heterocycles. The smallest absolute Gasteiger partial charge is 0.134 e. The fraction of sp³-hybridized carbons (Fsp3) is 0.273. The molecule has 0 bridgehead atoms. The standard InChI is InChI=1S/C11H11NOS/c1-7(13)5-9-3-4-10-11(6-9)14-8(2)12-10/h3-4,6H,5H2,1-2H3. The topological polar surface area (TPSA) is 30.0 Å². The molecule has 0 unspecified atom stereocenters. The lowest BCUT2D eigenvalue weighted by Crippen LogP contribution is -1.95. The van der Waals surface area contributed by atoms with Gasteiger partial charge in [0.05, 0.1) is 15.2 Å². The minimum Gasteiger partial charge on any atom is -0.300 e. The predicted octanol–water partition coefficient (Wildman–Crippen LogP) is 2.74. The summed E-state index contributed by atoms with van der Waals surface area (Å²) in [5.41, 5.74) is 2.11. The molecule has 1 aromatic heterocycles. The van der Waals surface area contributed by atoms with Crippen LogP contribution in [0.5, 0.6) is 0 Å². The molecule has 0 fully saturated rings. The van der Waals surface area contributed by atoms with Gasteiger partial charge in [0.25, 0.3) is 0 Å². The highest BCUT2D eigenvalue weighted by atomic mass is 32.1. The Morgan fingerprint density at radius 2 is 2.29 bits per heavy atom. The molecule has 14 heavy (non-hydrogen) atoms. The number of carbonyl (C=O) groups is 1. The van der Waals surface area contributed by atoms with Crippen molar-refractivity contribution in [1.82, 2.24) is 4.98 Å². The van der Waals surface area contributed by atoms with Crippen molar-refractivity contribution in [3.05, 3.63) is 28.8 Å². The summed E-state index contributed by atoms with van der Waals surface area (Å²) >= 11 is 1.67. The van der Waals surface area contributed by atoms with Gasteiger partial charge in [0, 0.05) is 6.42 Å². The van der Waals surface area contributed by atoms with Gasteiger partial charge in [0.15, 0.2) is 0 Å². The summed E-state index contributed by atoms with van der Waals surface area (Å²) in [4.78, 5) is 15.3. The van der Waals surface area contributed by atoms with Crippen LogP contribution in [-0.2, 0) is 11.2 Å². The van der Waals surface area contributed by atoms with E-state index in [9.17, 15) is 4.79 Å². The number of ketones is 1. The van der Waals surface area contributed by atoms with Gasteiger partial charge >= 0.3 is 0 Å². The molecule has 2 rings (SSSR count). The number of Topliss-reactive ketones (excluding diaryl/α,β-unsaturated/α-hetero) is 1. The molecule has 72 valence electrons. The average Bonchev–Trinajstić information content (AvgIpc) is 2.42. The van der Waals surface area contributed by atoms with Crippen molar-refractivity contribution in [2.75, 3.05) is 0 Å². The summed E-state index contributed by atoms with van der Waals surface area (Å²) in [5, 5.41) is 1.07. The number of aromatic nitrogens is 1. The quantitative estimate of drug-likeness (QED) is 0.754. The summed E-state index contributed by atoms with van der Waals surface area (Å²) in [6.07, 6.45) is 0.521. The highest BCUT2D eigenvalue weighted by molar-refractivity contribution is 7.18. The van der Waals surface area contributed by atoms with E-state index in [1.807, 2.05) is 19.1 Å². The van der Waals surface area contributed by atoms with Crippen LogP contribution in [0.15, 0.2) is 18.2 Å². The SMILES string of the molecule is CC(=O)Cc1ccc2nc(C)sc2c1. The fourth-order valence-corrected chi connectivity index (χ4v) is 2.37. The fourth-order valence-electron chi connectivity index (χ4n) is 1.48. The van der Waals surface area contributed by atoms with Gasteiger partial charge in [-0.25, -0.2) is 4.98 Å². The lowest BCUT2D eigenvalue weighted by molar-refractivity contribution is -0.116. The van der Waals surface area contributed by atoms with Crippen LogP contribution in [0.25, 0.3) is 10.2 Å². The van der Waals surface area contributed by atoms with E-state index in [1.165, 1.54) is 4.70 Å². The van der Waals surface area contributed by atoms with Gasteiger partial charge in [0.2, 0.25) is 0 Å². The number of carbonyl (C=O) groups excluding carboxylic acids is 1. The third kappa shape index (κ3) is 1.82. The van der Waals surface area contributed by atoms with Crippen molar-refractivity contribution in [3.8, 4) is 0 Å². The first-order valence-electron chi connectivity index (χ1n) is 4.50. The van der Waals surface area contributed by atoms with E-state index in [1.54, 1.807) is 18.3 Å². The molecule has 1 aromatic carbocycles. The van der Waals surface area contributed by atoms with Crippen LogP contribution in [0, 0.1) is 6.92 Å². The van der Waals surface area contributed by atoms with Crippen molar-refractivity contribution < 1.29 is 4.79 Å². The lowest BCUT2D eigenvalue weighted by atomic mass is 10.1. The first-order valence-corrected chi connectivity index (χ1v) is 5.32. The van der Waals surface area contributed by atoms with E-state index in [-0.39, 0.29) is 5.78 Å². The second-order valence-corrected chi connectivity index (χ2v) is 4.65. The van der Waals surface area contributed by atoms with Crippen LogP contribution in [0.2, 0.25) is 0 Å². The van der Waals surface area contributed by atoms with Crippen LogP contribution < -0.4 is 0 Å². The highest BCUT2D eigenvalue weighted by Gasteiger charge is 2.02. The Morgan fingerprint density at radius 3 is 3.00 bits per heavy atom. The summed E-state index contributed by atoms with van der Waals surface area (Å²) in [5.74, 6) is 0.200. The highest BCUT2D eigenvalue weighted by Crippen LogP contribution is 2.22. The minimum absolute atomic E-state index is 0.200. The largest absolute Gasteiger partial charge is 0.300 e. The Balaban J connectivity index is 2.45. The zero-order chi connectivity index (χ0) is 10.1. The van der Waals surface area contributed by atoms with Crippen LogP contribution in [0.3, 0.4) is 0 Å². The van der Waals surface area contributed by atoms with Crippen molar-refractivity contribution >= 4 is 27.3 Å². The van der Waals surface area contributed by atoms with Gasteiger partial charge in [-0.05, 0) is 31.5 Å². The molecule has 3 heteroatoms. The molecule has 0 N–H and O–H groups in total.